The van der Waals surface area contributed by atoms with Crippen molar-refractivity contribution in [2.45, 2.75) is 25.1 Å². The van der Waals surface area contributed by atoms with Crippen molar-refractivity contribution < 1.29 is 13.2 Å². The Morgan fingerprint density at radius 3 is 2.54 bits per heavy atom. The molecule has 2 atom stereocenters. The lowest BCUT2D eigenvalue weighted by Crippen LogP contribution is -2.30. The summed E-state index contributed by atoms with van der Waals surface area (Å²) < 4.78 is 36.8. The van der Waals surface area contributed by atoms with Crippen LogP contribution in [-0.4, -0.2) is 12.2 Å². The van der Waals surface area contributed by atoms with Crippen molar-refractivity contribution >= 4 is 0 Å². The Balaban J connectivity index is 2.95. The average Bonchev–Trinajstić information content (AvgIpc) is 2.03. The molecule has 2 unspecified atom stereocenters. The van der Waals surface area contributed by atoms with E-state index in [1.807, 2.05) is 0 Å². The third kappa shape index (κ3) is 2.22. The van der Waals surface area contributed by atoms with Gasteiger partial charge in [-0.2, -0.15) is 18.4 Å². The average molecular weight is 190 g/mol. The summed E-state index contributed by atoms with van der Waals surface area (Å²) in [6.07, 6.45) is -2.82. The van der Waals surface area contributed by atoms with Crippen LogP contribution in [0.25, 0.3) is 0 Å². The number of hydrogen-bond donors (Lipinski definition) is 1. The summed E-state index contributed by atoms with van der Waals surface area (Å²) in [6, 6.07) is 1.07. The van der Waals surface area contributed by atoms with Crippen molar-refractivity contribution in [2.75, 3.05) is 0 Å². The molecular weight excluding hydrogens is 181 g/mol. The van der Waals surface area contributed by atoms with Crippen LogP contribution in [0.1, 0.15) is 12.8 Å². The first-order chi connectivity index (χ1) is 5.95. The molecule has 0 saturated carbocycles. The normalized spacial score (nSPS) is 29.3. The number of nitrogens with zero attached hydrogens (tertiary/aromatic N) is 1. The summed E-state index contributed by atoms with van der Waals surface area (Å²) in [5, 5.41) is 8.48. The Kier molecular flexibility index (Phi) is 2.62. The summed E-state index contributed by atoms with van der Waals surface area (Å²) >= 11 is 0. The van der Waals surface area contributed by atoms with Gasteiger partial charge in [0.05, 0.1) is 12.0 Å². The lowest BCUT2D eigenvalue weighted by Gasteiger charge is -2.23. The van der Waals surface area contributed by atoms with Crippen LogP contribution in [0.5, 0.6) is 0 Å². The molecule has 2 nitrogen and oxygen atoms in total. The van der Waals surface area contributed by atoms with Gasteiger partial charge in [0.1, 0.15) is 0 Å². The fourth-order valence-electron chi connectivity index (χ4n) is 1.37. The number of rotatable bonds is 0. The van der Waals surface area contributed by atoms with E-state index in [9.17, 15) is 13.2 Å². The molecule has 0 aromatic carbocycles. The zero-order chi connectivity index (χ0) is 10.1. The van der Waals surface area contributed by atoms with Crippen molar-refractivity contribution in [1.29, 1.82) is 5.26 Å². The molecule has 72 valence electrons. The summed E-state index contributed by atoms with van der Waals surface area (Å²) in [7, 11) is 0. The maximum Gasteiger partial charge on any atom is 0.413 e. The molecule has 1 rings (SSSR count). The molecular formula is C8H9F3N2. The third-order valence-electron chi connectivity index (χ3n) is 2.04. The highest BCUT2D eigenvalue weighted by Gasteiger charge is 2.40. The maximum atomic E-state index is 12.3. The lowest BCUT2D eigenvalue weighted by atomic mass is 9.86. The van der Waals surface area contributed by atoms with E-state index >= 15 is 0 Å². The Morgan fingerprint density at radius 1 is 1.46 bits per heavy atom. The minimum absolute atomic E-state index is 0.197. The number of hydrogen-bond acceptors (Lipinski definition) is 2. The summed E-state index contributed by atoms with van der Waals surface area (Å²) in [5.41, 5.74) is 4.57. The van der Waals surface area contributed by atoms with Gasteiger partial charge < -0.3 is 5.73 Å². The van der Waals surface area contributed by atoms with Gasteiger partial charge >= 0.3 is 6.18 Å². The van der Waals surface area contributed by atoms with Crippen LogP contribution in [0.15, 0.2) is 11.6 Å². The number of allylic oxidation sites excluding steroid dienone is 1. The molecule has 0 bridgehead atoms. The molecule has 0 aromatic rings. The number of halogens is 3. The predicted molar refractivity (Wildman–Crippen MR) is 40.5 cm³/mol. The predicted octanol–water partition coefficient (Wildman–Crippen LogP) is 1.74. The quantitative estimate of drug-likeness (QED) is 0.591. The number of nitriles is 1. The van der Waals surface area contributed by atoms with E-state index in [2.05, 4.69) is 0 Å². The minimum atomic E-state index is -4.42. The topological polar surface area (TPSA) is 49.8 Å². The molecule has 0 amide bonds. The molecule has 0 fully saturated rings. The molecule has 1 aliphatic carbocycles. The smallest absolute Gasteiger partial charge is 0.324 e. The largest absolute Gasteiger partial charge is 0.413 e. The summed E-state index contributed by atoms with van der Waals surface area (Å²) in [4.78, 5) is 0. The highest BCUT2D eigenvalue weighted by Crippen LogP contribution is 2.36. The third-order valence-corrected chi connectivity index (χ3v) is 2.04. The number of alkyl halides is 3. The molecule has 0 radical (unpaired) electrons. The van der Waals surface area contributed by atoms with Gasteiger partial charge in [-0.25, -0.2) is 0 Å². The fraction of sp³-hybridized carbons (Fsp3) is 0.625. The minimum Gasteiger partial charge on any atom is -0.324 e. The van der Waals surface area contributed by atoms with Crippen LogP contribution in [-0.2, 0) is 0 Å². The first-order valence-corrected chi connectivity index (χ1v) is 3.89. The zero-order valence-electron chi connectivity index (χ0n) is 6.80. The van der Waals surface area contributed by atoms with Crippen molar-refractivity contribution in [1.82, 2.24) is 0 Å². The van der Waals surface area contributed by atoms with Crippen molar-refractivity contribution in [2.24, 2.45) is 11.7 Å². The molecule has 0 aromatic heterocycles. The molecule has 0 spiro atoms. The Labute approximate surface area is 73.8 Å². The van der Waals surface area contributed by atoms with E-state index in [-0.39, 0.29) is 6.42 Å². The van der Waals surface area contributed by atoms with Crippen molar-refractivity contribution in [3.8, 4) is 6.07 Å². The lowest BCUT2D eigenvalue weighted by molar-refractivity contribution is -0.0984. The van der Waals surface area contributed by atoms with E-state index in [0.717, 1.165) is 6.08 Å². The van der Waals surface area contributed by atoms with E-state index in [1.165, 1.54) is 0 Å². The first-order valence-electron chi connectivity index (χ1n) is 3.89. The van der Waals surface area contributed by atoms with Crippen molar-refractivity contribution in [3.63, 3.8) is 0 Å². The Morgan fingerprint density at radius 2 is 2.08 bits per heavy atom. The maximum absolute atomic E-state index is 12.3. The van der Waals surface area contributed by atoms with Gasteiger partial charge in [0.2, 0.25) is 0 Å². The molecule has 5 heteroatoms. The SMILES string of the molecule is N#CC1CCC(N)C=C1C(F)(F)F. The standard InChI is InChI=1S/C8H9F3N2/c9-8(10,11)7-3-6(13)2-1-5(7)4-12/h3,5-6H,1-2,13H2. The second-order valence-corrected chi connectivity index (χ2v) is 3.04. The molecule has 0 heterocycles. The second kappa shape index (κ2) is 3.38. The molecule has 13 heavy (non-hydrogen) atoms. The van der Waals surface area contributed by atoms with Crippen molar-refractivity contribution in [3.05, 3.63) is 11.6 Å². The van der Waals surface area contributed by atoms with E-state index < -0.39 is 23.7 Å². The van der Waals surface area contributed by atoms with Crippen LogP contribution in [0, 0.1) is 17.2 Å². The van der Waals surface area contributed by atoms with Crippen LogP contribution < -0.4 is 5.73 Å². The first kappa shape index (κ1) is 10.1. The van der Waals surface area contributed by atoms with E-state index in [1.54, 1.807) is 6.07 Å². The van der Waals surface area contributed by atoms with Gasteiger partial charge in [0.25, 0.3) is 0 Å². The van der Waals surface area contributed by atoms with Gasteiger partial charge in [0, 0.05) is 11.6 Å². The highest BCUT2D eigenvalue weighted by atomic mass is 19.4. The molecule has 0 saturated heterocycles. The summed E-state index contributed by atoms with van der Waals surface area (Å²) in [5.74, 6) is -1.04. The molecule has 2 N–H and O–H groups in total. The molecule has 0 aliphatic heterocycles. The highest BCUT2D eigenvalue weighted by molar-refractivity contribution is 5.24. The van der Waals surface area contributed by atoms with Crippen LogP contribution in [0.4, 0.5) is 13.2 Å². The fourth-order valence-corrected chi connectivity index (χ4v) is 1.37. The Bertz CT molecular complexity index is 262. The zero-order valence-corrected chi connectivity index (χ0v) is 6.80. The van der Waals surface area contributed by atoms with Crippen LogP contribution >= 0.6 is 0 Å². The second-order valence-electron chi connectivity index (χ2n) is 3.04. The molecule has 1 aliphatic rings. The van der Waals surface area contributed by atoms with Crippen LogP contribution in [0.3, 0.4) is 0 Å². The van der Waals surface area contributed by atoms with Crippen LogP contribution in [0.2, 0.25) is 0 Å². The number of nitrogens with two attached hydrogens (primary N) is 1. The van der Waals surface area contributed by atoms with E-state index in [0.29, 0.717) is 6.42 Å². The monoisotopic (exact) mass is 190 g/mol. The van der Waals surface area contributed by atoms with Gasteiger partial charge in [-0.05, 0) is 12.8 Å². The van der Waals surface area contributed by atoms with Gasteiger partial charge in [-0.3, -0.25) is 0 Å². The Hall–Kier alpha value is -1.02. The summed E-state index contributed by atoms with van der Waals surface area (Å²) in [6.45, 7) is 0. The van der Waals surface area contributed by atoms with E-state index in [4.69, 9.17) is 11.0 Å². The van der Waals surface area contributed by atoms with Gasteiger partial charge in [-0.1, -0.05) is 6.08 Å². The van der Waals surface area contributed by atoms with Gasteiger partial charge in [0.15, 0.2) is 0 Å². The van der Waals surface area contributed by atoms with Gasteiger partial charge in [-0.15, -0.1) is 0 Å².